The Kier molecular flexibility index (Phi) is 7.42. The van der Waals surface area contributed by atoms with Crippen LogP contribution in [0.5, 0.6) is 0 Å². The number of ether oxygens (including phenoxy) is 1. The topological polar surface area (TPSA) is 63.6 Å². The van der Waals surface area contributed by atoms with Gasteiger partial charge in [0.2, 0.25) is 0 Å². The van der Waals surface area contributed by atoms with E-state index in [0.29, 0.717) is 0 Å². The lowest BCUT2D eigenvalue weighted by Gasteiger charge is -2.32. The largest absolute Gasteiger partial charge is 0.477 e. The van der Waals surface area contributed by atoms with Gasteiger partial charge in [-0.05, 0) is 19.1 Å². The summed E-state index contributed by atoms with van der Waals surface area (Å²) in [5, 5.41) is 2.68. The average molecular weight is 573 g/mol. The average Bonchev–Trinajstić information content (AvgIpc) is 2.59. The molecule has 1 rings (SSSR count). The zero-order valence-electron chi connectivity index (χ0n) is 14.0. The molecule has 0 aromatic heterocycles. The SMILES string of the molecule is CCO/C(O)=C(\[I+]c1ccccc1)S(=O)(=O)C(F)(F)C(F)(F)C(F)(F)C(F)(F)F. The van der Waals surface area contributed by atoms with Crippen LogP contribution in [-0.4, -0.2) is 43.4 Å². The normalized spacial score (nSPS) is 15.1. The second-order valence-corrected chi connectivity index (χ2v) is 10.6. The van der Waals surface area contributed by atoms with Crippen LogP contribution in [-0.2, 0) is 14.6 Å². The van der Waals surface area contributed by atoms with Crippen molar-refractivity contribution in [2.75, 3.05) is 6.61 Å². The van der Waals surface area contributed by atoms with E-state index in [1.54, 1.807) is 0 Å². The molecule has 0 aliphatic carbocycles. The molecule has 1 aromatic carbocycles. The standard InChI is InChI=1S/C14H10F9IO4S/c1-2-28-10(25)9(24-8-6-4-3-5-7-8)29(26,27)14(22,23)12(17,18)11(15,16)13(19,20)21/h3-7H,2H2,1H3/p+1/b10-9+. The molecule has 0 saturated heterocycles. The number of sulfone groups is 1. The quantitative estimate of drug-likeness (QED) is 0.291. The maximum atomic E-state index is 14.1. The Hall–Kier alpha value is -1.39. The first kappa shape index (κ1) is 25.6. The molecule has 0 aliphatic rings. The van der Waals surface area contributed by atoms with E-state index in [-0.39, 0.29) is 3.57 Å². The van der Waals surface area contributed by atoms with Gasteiger partial charge in [0.15, 0.2) is 3.57 Å². The molecule has 0 spiro atoms. The Morgan fingerprint density at radius 1 is 0.966 bits per heavy atom. The first-order valence-corrected chi connectivity index (χ1v) is 10.8. The molecule has 0 amide bonds. The van der Waals surface area contributed by atoms with Crippen molar-refractivity contribution in [1.29, 1.82) is 0 Å². The minimum absolute atomic E-state index is 0.0715. The van der Waals surface area contributed by atoms with E-state index in [2.05, 4.69) is 4.74 Å². The Labute approximate surface area is 168 Å². The van der Waals surface area contributed by atoms with Gasteiger partial charge in [0, 0.05) is 0 Å². The van der Waals surface area contributed by atoms with E-state index in [0.717, 1.165) is 19.1 Å². The van der Waals surface area contributed by atoms with Gasteiger partial charge >= 0.3 is 63.2 Å². The number of hydrogen-bond acceptors (Lipinski definition) is 4. The van der Waals surface area contributed by atoms with E-state index in [1.807, 2.05) is 0 Å². The molecular formula is C14H11F9IO4S+. The number of rotatable bonds is 8. The second-order valence-electron chi connectivity index (χ2n) is 5.07. The van der Waals surface area contributed by atoms with E-state index in [9.17, 15) is 53.0 Å². The van der Waals surface area contributed by atoms with E-state index >= 15 is 0 Å². The minimum Gasteiger partial charge on any atom is -0.477 e. The second kappa shape index (κ2) is 8.39. The first-order valence-electron chi connectivity index (χ1n) is 7.15. The molecule has 0 atom stereocenters. The summed E-state index contributed by atoms with van der Waals surface area (Å²) < 4.78 is 145. The van der Waals surface area contributed by atoms with E-state index < -0.39 is 69.8 Å². The fraction of sp³-hybridized carbons (Fsp3) is 0.429. The summed E-state index contributed by atoms with van der Waals surface area (Å²) in [6.07, 6.45) is -7.18. The van der Waals surface area contributed by atoms with Crippen molar-refractivity contribution in [3.05, 3.63) is 42.8 Å². The molecule has 15 heteroatoms. The van der Waals surface area contributed by atoms with Crippen LogP contribution in [0.3, 0.4) is 0 Å². The van der Waals surface area contributed by atoms with Crippen molar-refractivity contribution in [1.82, 2.24) is 0 Å². The Morgan fingerprint density at radius 2 is 1.45 bits per heavy atom. The zero-order valence-corrected chi connectivity index (χ0v) is 16.9. The highest BCUT2D eigenvalue weighted by atomic mass is 127. The van der Waals surface area contributed by atoms with Gasteiger partial charge in [0.1, 0.15) is 0 Å². The van der Waals surface area contributed by atoms with Gasteiger partial charge in [-0.3, -0.25) is 0 Å². The third kappa shape index (κ3) is 4.54. The molecule has 0 bridgehead atoms. The summed E-state index contributed by atoms with van der Waals surface area (Å²) in [5.41, 5.74) is 0. The molecule has 166 valence electrons. The Morgan fingerprint density at radius 3 is 1.86 bits per heavy atom. The Balaban J connectivity index is 3.65. The molecule has 1 aromatic rings. The molecule has 0 radical (unpaired) electrons. The van der Waals surface area contributed by atoms with Gasteiger partial charge in [-0.2, -0.15) is 39.5 Å². The molecule has 0 saturated carbocycles. The maximum Gasteiger partial charge on any atom is 0.460 e. The molecular weight excluding hydrogens is 562 g/mol. The number of aliphatic hydroxyl groups is 1. The lowest BCUT2D eigenvalue weighted by atomic mass is 10.1. The highest BCUT2D eigenvalue weighted by Gasteiger charge is 2.86. The van der Waals surface area contributed by atoms with Gasteiger partial charge in [-0.15, -0.1) is 0 Å². The summed E-state index contributed by atoms with van der Waals surface area (Å²) in [6, 6.07) is 6.24. The highest BCUT2D eigenvalue weighted by molar-refractivity contribution is 7.96. The molecule has 1 N–H and O–H groups in total. The predicted octanol–water partition coefficient (Wildman–Crippen LogP) is 1.51. The molecule has 29 heavy (non-hydrogen) atoms. The van der Waals surface area contributed by atoms with Crippen molar-refractivity contribution in [3.63, 3.8) is 0 Å². The third-order valence-corrected chi connectivity index (χ3v) is 9.19. The number of halogens is 10. The Bertz CT molecular complexity index is 852. The predicted molar refractivity (Wildman–Crippen MR) is 76.2 cm³/mol. The van der Waals surface area contributed by atoms with Gasteiger partial charge < -0.3 is 9.84 Å². The molecule has 0 fully saturated rings. The fourth-order valence-corrected chi connectivity index (χ4v) is 6.72. The fourth-order valence-electron chi connectivity index (χ4n) is 1.62. The van der Waals surface area contributed by atoms with Crippen molar-refractivity contribution < 1.29 is 79.0 Å². The van der Waals surface area contributed by atoms with Crippen LogP contribution in [0.2, 0.25) is 0 Å². The van der Waals surface area contributed by atoms with Gasteiger partial charge in [0.05, 0.1) is 6.61 Å². The maximum absolute atomic E-state index is 14.1. The highest BCUT2D eigenvalue weighted by Crippen LogP contribution is 2.55. The van der Waals surface area contributed by atoms with Crippen LogP contribution in [0, 0.1) is 3.57 Å². The van der Waals surface area contributed by atoms with Gasteiger partial charge in [-0.1, -0.05) is 18.2 Å². The number of aliphatic hydroxyl groups excluding tert-OH is 1. The van der Waals surface area contributed by atoms with Crippen molar-refractivity contribution in [3.8, 4) is 0 Å². The lowest BCUT2D eigenvalue weighted by Crippen LogP contribution is -3.61. The zero-order chi connectivity index (χ0) is 22.9. The summed E-state index contributed by atoms with van der Waals surface area (Å²) in [6.45, 7) is 0.579. The molecule has 4 nitrogen and oxygen atoms in total. The third-order valence-electron chi connectivity index (χ3n) is 3.07. The number of benzene rings is 1. The van der Waals surface area contributed by atoms with Crippen LogP contribution in [0.15, 0.2) is 39.2 Å². The summed E-state index contributed by atoms with van der Waals surface area (Å²) in [7, 11) is -6.93. The van der Waals surface area contributed by atoms with Crippen LogP contribution in [0.1, 0.15) is 6.92 Å². The molecule has 0 unspecified atom stereocenters. The minimum atomic E-state index is -7.39. The number of hydrogen-bond donors (Lipinski definition) is 1. The lowest BCUT2D eigenvalue weighted by molar-refractivity contribution is -0.569. The van der Waals surface area contributed by atoms with Crippen LogP contribution in [0.25, 0.3) is 0 Å². The van der Waals surface area contributed by atoms with E-state index in [4.69, 9.17) is 0 Å². The van der Waals surface area contributed by atoms with Crippen LogP contribution >= 0.6 is 0 Å². The van der Waals surface area contributed by atoms with Crippen LogP contribution in [0.4, 0.5) is 39.5 Å². The van der Waals surface area contributed by atoms with Crippen molar-refractivity contribution >= 4 is 9.84 Å². The summed E-state index contributed by atoms with van der Waals surface area (Å²) in [4.78, 5) is 0. The monoisotopic (exact) mass is 573 g/mol. The van der Waals surface area contributed by atoms with Crippen molar-refractivity contribution in [2.24, 2.45) is 0 Å². The number of alkyl halides is 9. The van der Waals surface area contributed by atoms with E-state index in [1.165, 1.54) is 18.2 Å². The molecule has 0 heterocycles. The smallest absolute Gasteiger partial charge is 0.460 e. The van der Waals surface area contributed by atoms with Crippen LogP contribution < -0.4 is 21.2 Å². The molecule has 0 aliphatic heterocycles. The summed E-state index contributed by atoms with van der Waals surface area (Å²) >= 11 is -2.48. The van der Waals surface area contributed by atoms with Crippen molar-refractivity contribution in [2.45, 2.75) is 30.2 Å². The summed E-state index contributed by atoms with van der Waals surface area (Å²) in [5.74, 6) is -16.6. The van der Waals surface area contributed by atoms with Gasteiger partial charge in [-0.25, -0.2) is 8.42 Å². The first-order chi connectivity index (χ1) is 12.9. The van der Waals surface area contributed by atoms with Gasteiger partial charge in [0.25, 0.3) is 0 Å².